The SMILES string of the molecule is CC(C)c1ccn(CCC(C)c2ccnn2C)n1. The van der Waals surface area contributed by atoms with Crippen molar-refractivity contribution in [3.8, 4) is 0 Å². The molecule has 0 aliphatic rings. The van der Waals surface area contributed by atoms with Crippen molar-refractivity contribution in [1.82, 2.24) is 19.6 Å². The standard InChI is InChI=1S/C14H22N4/c1-11(2)13-7-10-18(16-13)9-6-12(3)14-5-8-15-17(14)4/h5,7-8,10-12H,6,9H2,1-4H3. The number of rotatable bonds is 5. The van der Waals surface area contributed by atoms with Crippen molar-refractivity contribution in [3.05, 3.63) is 35.9 Å². The van der Waals surface area contributed by atoms with Crippen molar-refractivity contribution in [2.75, 3.05) is 0 Å². The molecule has 0 aliphatic carbocycles. The van der Waals surface area contributed by atoms with Crippen LogP contribution in [0.2, 0.25) is 0 Å². The van der Waals surface area contributed by atoms with E-state index < -0.39 is 0 Å². The van der Waals surface area contributed by atoms with Gasteiger partial charge in [0.1, 0.15) is 0 Å². The number of hydrogen-bond donors (Lipinski definition) is 0. The first-order chi connectivity index (χ1) is 8.58. The Bertz CT molecular complexity index is 495. The normalized spacial score (nSPS) is 13.2. The maximum Gasteiger partial charge on any atom is 0.0649 e. The Morgan fingerprint density at radius 1 is 1.22 bits per heavy atom. The van der Waals surface area contributed by atoms with E-state index in [4.69, 9.17) is 0 Å². The molecule has 98 valence electrons. The fourth-order valence-corrected chi connectivity index (χ4v) is 2.15. The molecule has 0 amide bonds. The van der Waals surface area contributed by atoms with Gasteiger partial charge in [-0.05, 0) is 30.4 Å². The molecule has 0 aliphatic heterocycles. The zero-order valence-electron chi connectivity index (χ0n) is 11.7. The average Bonchev–Trinajstić information content (AvgIpc) is 2.94. The minimum absolute atomic E-state index is 0.501. The molecule has 2 aromatic heterocycles. The van der Waals surface area contributed by atoms with Gasteiger partial charge in [0.05, 0.1) is 5.69 Å². The second-order valence-electron chi connectivity index (χ2n) is 5.23. The van der Waals surface area contributed by atoms with E-state index in [-0.39, 0.29) is 0 Å². The lowest BCUT2D eigenvalue weighted by molar-refractivity contribution is 0.507. The molecule has 0 radical (unpaired) electrons. The van der Waals surface area contributed by atoms with E-state index >= 15 is 0 Å². The van der Waals surface area contributed by atoms with E-state index in [1.165, 1.54) is 11.4 Å². The van der Waals surface area contributed by atoms with Crippen LogP contribution in [0.25, 0.3) is 0 Å². The first-order valence-corrected chi connectivity index (χ1v) is 6.59. The minimum Gasteiger partial charge on any atom is -0.272 e. The van der Waals surface area contributed by atoms with Gasteiger partial charge in [-0.1, -0.05) is 20.8 Å². The first kappa shape index (κ1) is 12.9. The third kappa shape index (κ3) is 2.81. The monoisotopic (exact) mass is 246 g/mol. The summed E-state index contributed by atoms with van der Waals surface area (Å²) < 4.78 is 4.00. The van der Waals surface area contributed by atoms with Crippen LogP contribution < -0.4 is 0 Å². The molecule has 1 unspecified atom stereocenters. The van der Waals surface area contributed by atoms with Crippen molar-refractivity contribution in [2.45, 2.75) is 45.6 Å². The summed E-state index contributed by atoms with van der Waals surface area (Å²) in [6.07, 6.45) is 5.01. The van der Waals surface area contributed by atoms with Crippen molar-refractivity contribution in [2.24, 2.45) is 7.05 Å². The van der Waals surface area contributed by atoms with E-state index in [0.717, 1.165) is 13.0 Å². The molecule has 0 aromatic carbocycles. The molecule has 2 rings (SSSR count). The molecule has 0 N–H and O–H groups in total. The van der Waals surface area contributed by atoms with Crippen molar-refractivity contribution in [3.63, 3.8) is 0 Å². The van der Waals surface area contributed by atoms with Crippen molar-refractivity contribution in [1.29, 1.82) is 0 Å². The molecule has 2 heterocycles. The highest BCUT2D eigenvalue weighted by atomic mass is 15.3. The van der Waals surface area contributed by atoms with Gasteiger partial charge in [-0.15, -0.1) is 0 Å². The van der Waals surface area contributed by atoms with Gasteiger partial charge in [-0.25, -0.2) is 0 Å². The van der Waals surface area contributed by atoms with Gasteiger partial charge in [0.15, 0.2) is 0 Å². The number of aryl methyl sites for hydroxylation is 2. The van der Waals surface area contributed by atoms with Crippen LogP contribution in [0.5, 0.6) is 0 Å². The van der Waals surface area contributed by atoms with Crippen molar-refractivity contribution < 1.29 is 0 Å². The Kier molecular flexibility index (Phi) is 3.84. The molecule has 0 saturated carbocycles. The molecule has 4 heteroatoms. The first-order valence-electron chi connectivity index (χ1n) is 6.59. The van der Waals surface area contributed by atoms with E-state index in [1.54, 1.807) is 0 Å². The summed E-state index contributed by atoms with van der Waals surface area (Å²) in [7, 11) is 2.00. The molecular formula is C14H22N4. The largest absolute Gasteiger partial charge is 0.272 e. The maximum atomic E-state index is 4.58. The smallest absolute Gasteiger partial charge is 0.0649 e. The Hall–Kier alpha value is -1.58. The van der Waals surface area contributed by atoms with E-state index in [0.29, 0.717) is 11.8 Å². The Balaban J connectivity index is 1.93. The average molecular weight is 246 g/mol. The quantitative estimate of drug-likeness (QED) is 0.813. The topological polar surface area (TPSA) is 35.6 Å². The third-order valence-electron chi connectivity index (χ3n) is 3.41. The highest BCUT2D eigenvalue weighted by molar-refractivity contribution is 5.06. The molecular weight excluding hydrogens is 224 g/mol. The predicted molar refractivity (Wildman–Crippen MR) is 72.6 cm³/mol. The van der Waals surface area contributed by atoms with Crippen LogP contribution in [-0.2, 0) is 13.6 Å². The van der Waals surface area contributed by atoms with Gasteiger partial charge in [-0.2, -0.15) is 10.2 Å². The summed E-state index contributed by atoms with van der Waals surface area (Å²) >= 11 is 0. The Labute approximate surface area is 109 Å². The van der Waals surface area contributed by atoms with Crippen LogP contribution in [0.4, 0.5) is 0 Å². The van der Waals surface area contributed by atoms with Gasteiger partial charge in [0.2, 0.25) is 0 Å². The van der Waals surface area contributed by atoms with Crippen LogP contribution in [0.3, 0.4) is 0 Å². The highest BCUT2D eigenvalue weighted by Gasteiger charge is 2.10. The van der Waals surface area contributed by atoms with Gasteiger partial charge in [-0.3, -0.25) is 9.36 Å². The summed E-state index contributed by atoms with van der Waals surface area (Å²) in [5.74, 6) is 1.00. The molecule has 2 aromatic rings. The molecule has 0 saturated heterocycles. The number of nitrogens with zero attached hydrogens (tertiary/aromatic N) is 4. The van der Waals surface area contributed by atoms with Gasteiger partial charge >= 0.3 is 0 Å². The zero-order chi connectivity index (χ0) is 13.1. The molecule has 0 fully saturated rings. The predicted octanol–water partition coefficient (Wildman–Crippen LogP) is 2.93. The number of hydrogen-bond acceptors (Lipinski definition) is 2. The van der Waals surface area contributed by atoms with E-state index in [2.05, 4.69) is 49.3 Å². The lowest BCUT2D eigenvalue weighted by Crippen LogP contribution is -2.07. The van der Waals surface area contributed by atoms with Crippen molar-refractivity contribution >= 4 is 0 Å². The summed E-state index contributed by atoms with van der Waals surface area (Å²) in [6, 6.07) is 4.20. The summed E-state index contributed by atoms with van der Waals surface area (Å²) in [4.78, 5) is 0. The van der Waals surface area contributed by atoms with Crippen LogP contribution in [0, 0.1) is 0 Å². The van der Waals surface area contributed by atoms with Gasteiger partial charge in [0.25, 0.3) is 0 Å². The highest BCUT2D eigenvalue weighted by Crippen LogP contribution is 2.19. The van der Waals surface area contributed by atoms with Crippen LogP contribution in [0.1, 0.15) is 50.4 Å². The van der Waals surface area contributed by atoms with Crippen LogP contribution >= 0.6 is 0 Å². The second kappa shape index (κ2) is 5.38. The second-order valence-corrected chi connectivity index (χ2v) is 5.23. The Morgan fingerprint density at radius 2 is 2.00 bits per heavy atom. The maximum absolute atomic E-state index is 4.58. The lowest BCUT2D eigenvalue weighted by Gasteiger charge is -2.11. The fraction of sp³-hybridized carbons (Fsp3) is 0.571. The fourth-order valence-electron chi connectivity index (χ4n) is 2.15. The zero-order valence-corrected chi connectivity index (χ0v) is 11.7. The summed E-state index contributed by atoms with van der Waals surface area (Å²) in [5, 5.41) is 8.79. The van der Waals surface area contributed by atoms with Gasteiger partial charge < -0.3 is 0 Å². The molecule has 4 nitrogen and oxygen atoms in total. The van der Waals surface area contributed by atoms with E-state index in [1.807, 2.05) is 22.6 Å². The summed E-state index contributed by atoms with van der Waals surface area (Å²) in [5.41, 5.74) is 2.45. The summed E-state index contributed by atoms with van der Waals surface area (Å²) in [6.45, 7) is 7.54. The van der Waals surface area contributed by atoms with Crippen LogP contribution in [-0.4, -0.2) is 19.6 Å². The molecule has 1 atom stereocenters. The molecule has 0 bridgehead atoms. The van der Waals surface area contributed by atoms with Crippen LogP contribution in [0.15, 0.2) is 24.5 Å². The molecule has 18 heavy (non-hydrogen) atoms. The van der Waals surface area contributed by atoms with E-state index in [9.17, 15) is 0 Å². The number of aromatic nitrogens is 4. The van der Waals surface area contributed by atoms with Gasteiger partial charge in [0, 0.05) is 31.7 Å². The Morgan fingerprint density at radius 3 is 2.56 bits per heavy atom. The lowest BCUT2D eigenvalue weighted by atomic mass is 10.0. The third-order valence-corrected chi connectivity index (χ3v) is 3.41. The molecule has 0 spiro atoms. The minimum atomic E-state index is 0.501.